The highest BCUT2D eigenvalue weighted by atomic mass is 15.1. The van der Waals surface area contributed by atoms with E-state index >= 15 is 0 Å². The lowest BCUT2D eigenvalue weighted by atomic mass is 9.97. The van der Waals surface area contributed by atoms with Crippen LogP contribution in [0.25, 0.3) is 0 Å². The van der Waals surface area contributed by atoms with E-state index in [9.17, 15) is 0 Å². The van der Waals surface area contributed by atoms with Crippen molar-refractivity contribution in [3.63, 3.8) is 0 Å². The molecule has 1 aliphatic heterocycles. The molecule has 3 heteroatoms. The number of benzene rings is 1. The van der Waals surface area contributed by atoms with Gasteiger partial charge >= 0.3 is 0 Å². The molecule has 0 spiro atoms. The predicted octanol–water partition coefficient (Wildman–Crippen LogP) is 2.55. The van der Waals surface area contributed by atoms with Gasteiger partial charge in [-0.2, -0.15) is 5.26 Å². The van der Waals surface area contributed by atoms with Gasteiger partial charge in [-0.3, -0.25) is 4.90 Å². The van der Waals surface area contributed by atoms with Crippen molar-refractivity contribution in [3.05, 3.63) is 35.4 Å². The van der Waals surface area contributed by atoms with Crippen molar-refractivity contribution in [1.82, 2.24) is 10.2 Å². The first-order chi connectivity index (χ1) is 9.20. The summed E-state index contributed by atoms with van der Waals surface area (Å²) < 4.78 is 0. The minimum Gasteiger partial charge on any atom is -0.316 e. The fourth-order valence-electron chi connectivity index (χ4n) is 2.74. The third kappa shape index (κ3) is 3.79. The summed E-state index contributed by atoms with van der Waals surface area (Å²) in [4.78, 5) is 2.42. The van der Waals surface area contributed by atoms with Crippen LogP contribution in [-0.2, 0) is 0 Å². The second-order valence-electron chi connectivity index (χ2n) is 5.56. The van der Waals surface area contributed by atoms with Crippen molar-refractivity contribution in [1.29, 1.82) is 5.26 Å². The van der Waals surface area contributed by atoms with Crippen LogP contribution in [0.15, 0.2) is 24.3 Å². The molecule has 3 nitrogen and oxygen atoms in total. The molecule has 1 heterocycles. The van der Waals surface area contributed by atoms with Gasteiger partial charge in [0.15, 0.2) is 0 Å². The highest BCUT2D eigenvalue weighted by molar-refractivity contribution is 5.32. The number of hydrogen-bond acceptors (Lipinski definition) is 3. The molecule has 1 aliphatic rings. The summed E-state index contributed by atoms with van der Waals surface area (Å²) in [7, 11) is 2.19. The summed E-state index contributed by atoms with van der Waals surface area (Å²) in [6.07, 6.45) is 2.63. The van der Waals surface area contributed by atoms with Crippen LogP contribution in [0.2, 0.25) is 0 Å². The Morgan fingerprint density at radius 2 is 2.16 bits per heavy atom. The van der Waals surface area contributed by atoms with E-state index in [2.05, 4.69) is 42.4 Å². The fourth-order valence-corrected chi connectivity index (χ4v) is 2.74. The molecule has 0 aliphatic carbocycles. The molecule has 2 rings (SSSR count). The van der Waals surface area contributed by atoms with Crippen LogP contribution in [0.1, 0.15) is 36.9 Å². The molecule has 1 fully saturated rings. The van der Waals surface area contributed by atoms with Gasteiger partial charge in [0.1, 0.15) is 0 Å². The Balaban J connectivity index is 1.93. The molecule has 1 aromatic carbocycles. The lowest BCUT2D eigenvalue weighted by molar-refractivity contribution is 0.199. The summed E-state index contributed by atoms with van der Waals surface area (Å²) in [5.41, 5.74) is 2.01. The van der Waals surface area contributed by atoms with E-state index in [-0.39, 0.29) is 0 Å². The van der Waals surface area contributed by atoms with Gasteiger partial charge in [-0.15, -0.1) is 0 Å². The molecular weight excluding hydrogens is 234 g/mol. The van der Waals surface area contributed by atoms with Crippen LogP contribution >= 0.6 is 0 Å². The van der Waals surface area contributed by atoms with E-state index in [1.807, 2.05) is 12.1 Å². The SMILES string of the molecule is CC(c1ccc(C#N)cc1)N(C)CC1CCCNC1. The summed E-state index contributed by atoms with van der Waals surface area (Å²) in [5.74, 6) is 0.764. The summed E-state index contributed by atoms with van der Waals surface area (Å²) in [6.45, 7) is 5.68. The van der Waals surface area contributed by atoms with Crippen molar-refractivity contribution in [2.75, 3.05) is 26.7 Å². The maximum absolute atomic E-state index is 8.83. The predicted molar refractivity (Wildman–Crippen MR) is 77.8 cm³/mol. The van der Waals surface area contributed by atoms with Crippen molar-refractivity contribution in [2.24, 2.45) is 5.92 Å². The van der Waals surface area contributed by atoms with Crippen molar-refractivity contribution >= 4 is 0 Å². The van der Waals surface area contributed by atoms with Crippen molar-refractivity contribution in [3.8, 4) is 6.07 Å². The zero-order valence-electron chi connectivity index (χ0n) is 11.9. The molecule has 0 radical (unpaired) electrons. The van der Waals surface area contributed by atoms with Crippen LogP contribution in [0.3, 0.4) is 0 Å². The lowest BCUT2D eigenvalue weighted by Crippen LogP contribution is -2.37. The van der Waals surface area contributed by atoms with Gasteiger partial charge in [-0.1, -0.05) is 12.1 Å². The third-order valence-corrected chi connectivity index (χ3v) is 4.13. The third-order valence-electron chi connectivity index (χ3n) is 4.13. The number of hydrogen-bond donors (Lipinski definition) is 1. The van der Waals surface area contributed by atoms with Gasteiger partial charge in [0.25, 0.3) is 0 Å². The van der Waals surface area contributed by atoms with Crippen molar-refractivity contribution in [2.45, 2.75) is 25.8 Å². The van der Waals surface area contributed by atoms with Gasteiger partial charge < -0.3 is 5.32 Å². The smallest absolute Gasteiger partial charge is 0.0991 e. The summed E-state index contributed by atoms with van der Waals surface area (Å²) in [5, 5.41) is 12.3. The number of nitrogens with one attached hydrogen (secondary N) is 1. The zero-order valence-corrected chi connectivity index (χ0v) is 11.9. The molecule has 19 heavy (non-hydrogen) atoms. The lowest BCUT2D eigenvalue weighted by Gasteiger charge is -2.31. The Morgan fingerprint density at radius 3 is 2.74 bits per heavy atom. The topological polar surface area (TPSA) is 39.1 Å². The number of rotatable bonds is 4. The zero-order chi connectivity index (χ0) is 13.7. The van der Waals surface area contributed by atoms with Gasteiger partial charge in [-0.05, 0) is 63.5 Å². The van der Waals surface area contributed by atoms with Gasteiger partial charge in [0.05, 0.1) is 11.6 Å². The molecule has 0 amide bonds. The average molecular weight is 257 g/mol. The van der Waals surface area contributed by atoms with E-state index in [4.69, 9.17) is 5.26 Å². The highest BCUT2D eigenvalue weighted by Gasteiger charge is 2.18. The molecule has 2 atom stereocenters. The quantitative estimate of drug-likeness (QED) is 0.901. The first kappa shape index (κ1) is 14.0. The molecule has 0 aromatic heterocycles. The molecule has 102 valence electrons. The standard InChI is InChI=1S/C16H23N3/c1-13(16-7-5-14(10-17)6-8-16)19(2)12-15-4-3-9-18-11-15/h5-8,13,15,18H,3-4,9,11-12H2,1-2H3. The molecule has 0 bridgehead atoms. The Bertz CT molecular complexity index is 426. The average Bonchev–Trinajstić information content (AvgIpc) is 2.47. The van der Waals surface area contributed by atoms with Gasteiger partial charge in [-0.25, -0.2) is 0 Å². The summed E-state index contributed by atoms with van der Waals surface area (Å²) in [6, 6.07) is 10.5. The molecular formula is C16H23N3. The largest absolute Gasteiger partial charge is 0.316 e. The molecule has 1 saturated heterocycles. The van der Waals surface area contributed by atoms with Gasteiger partial charge in [0, 0.05) is 12.6 Å². The molecule has 1 N–H and O–H groups in total. The second-order valence-corrected chi connectivity index (χ2v) is 5.56. The van der Waals surface area contributed by atoms with E-state index in [0.717, 1.165) is 24.6 Å². The molecule has 2 unspecified atom stereocenters. The first-order valence-electron chi connectivity index (χ1n) is 7.11. The minimum atomic E-state index is 0.398. The Hall–Kier alpha value is -1.37. The summed E-state index contributed by atoms with van der Waals surface area (Å²) >= 11 is 0. The van der Waals surface area contributed by atoms with E-state index < -0.39 is 0 Å². The van der Waals surface area contributed by atoms with E-state index in [1.54, 1.807) is 0 Å². The number of piperidine rings is 1. The number of nitriles is 1. The van der Waals surface area contributed by atoms with E-state index in [0.29, 0.717) is 6.04 Å². The van der Waals surface area contributed by atoms with Crippen LogP contribution in [0.5, 0.6) is 0 Å². The number of nitrogens with zero attached hydrogens (tertiary/aromatic N) is 2. The van der Waals surface area contributed by atoms with Crippen molar-refractivity contribution < 1.29 is 0 Å². The molecule has 0 saturated carbocycles. The monoisotopic (exact) mass is 257 g/mol. The van der Waals surface area contributed by atoms with E-state index in [1.165, 1.54) is 24.9 Å². The Labute approximate surface area is 116 Å². The highest BCUT2D eigenvalue weighted by Crippen LogP contribution is 2.21. The van der Waals surface area contributed by atoms with Gasteiger partial charge in [0.2, 0.25) is 0 Å². The minimum absolute atomic E-state index is 0.398. The van der Waals surface area contributed by atoms with Crippen LogP contribution in [-0.4, -0.2) is 31.6 Å². The first-order valence-corrected chi connectivity index (χ1v) is 7.11. The maximum atomic E-state index is 8.83. The fraction of sp³-hybridized carbons (Fsp3) is 0.562. The second kappa shape index (κ2) is 6.70. The Kier molecular flexibility index (Phi) is 4.95. The van der Waals surface area contributed by atoms with Crippen LogP contribution in [0.4, 0.5) is 0 Å². The van der Waals surface area contributed by atoms with Crippen LogP contribution < -0.4 is 5.32 Å². The molecule has 1 aromatic rings. The Morgan fingerprint density at radius 1 is 1.42 bits per heavy atom. The maximum Gasteiger partial charge on any atom is 0.0991 e. The normalized spacial score (nSPS) is 21.1. The van der Waals surface area contributed by atoms with Crippen LogP contribution in [0, 0.1) is 17.2 Å².